The van der Waals surface area contributed by atoms with E-state index in [1.807, 2.05) is 0 Å². The Morgan fingerprint density at radius 3 is 2.47 bits per heavy atom. The molecule has 0 aliphatic rings. The molecule has 0 aromatic carbocycles. The van der Waals surface area contributed by atoms with E-state index in [1.54, 1.807) is 30.4 Å². The Morgan fingerprint density at radius 2 is 1.88 bits per heavy atom. The van der Waals surface area contributed by atoms with Crippen LogP contribution in [0.25, 0.3) is 0 Å². The van der Waals surface area contributed by atoms with E-state index in [0.717, 1.165) is 0 Å². The molecule has 0 aromatic heterocycles. The van der Waals surface area contributed by atoms with Crippen LogP contribution in [0.3, 0.4) is 0 Å². The van der Waals surface area contributed by atoms with Crippen molar-refractivity contribution in [2.45, 2.75) is 18.9 Å². The van der Waals surface area contributed by atoms with Crippen LogP contribution in [0.5, 0.6) is 0 Å². The summed E-state index contributed by atoms with van der Waals surface area (Å²) < 4.78 is 0. The van der Waals surface area contributed by atoms with Gasteiger partial charge in [0.15, 0.2) is 0 Å². The van der Waals surface area contributed by atoms with Crippen LogP contribution >= 0.6 is 0 Å². The van der Waals surface area contributed by atoms with Crippen molar-refractivity contribution in [1.82, 2.24) is 0 Å². The van der Waals surface area contributed by atoms with Gasteiger partial charge < -0.3 is 16.6 Å². The second kappa shape index (κ2) is 10.6. The van der Waals surface area contributed by atoms with Crippen molar-refractivity contribution < 1.29 is 9.90 Å². The summed E-state index contributed by atoms with van der Waals surface area (Å²) in [5, 5.41) is 8.86. The first-order chi connectivity index (χ1) is 8.22. The molecule has 0 bridgehead atoms. The van der Waals surface area contributed by atoms with Crippen LogP contribution in [0.15, 0.2) is 41.6 Å². The van der Waals surface area contributed by atoms with Gasteiger partial charge in [-0.3, -0.25) is 4.99 Å². The number of carboxylic acids is 1. The third kappa shape index (κ3) is 9.07. The number of carboxylic acid groups (broad SMARTS) is 1. The Morgan fingerprint density at radius 1 is 1.24 bits per heavy atom. The van der Waals surface area contributed by atoms with Crippen LogP contribution in [0, 0.1) is 0 Å². The van der Waals surface area contributed by atoms with Gasteiger partial charge >= 0.3 is 5.97 Å². The smallest absolute Gasteiger partial charge is 0.328 e. The number of rotatable bonds is 8. The van der Waals surface area contributed by atoms with Crippen LogP contribution < -0.4 is 11.5 Å². The quantitative estimate of drug-likeness (QED) is 0.430. The second-order valence-corrected chi connectivity index (χ2v) is 3.24. The third-order valence-electron chi connectivity index (χ3n) is 1.87. The highest BCUT2D eigenvalue weighted by molar-refractivity contribution is 5.79. The molecule has 0 heterocycles. The summed E-state index contributed by atoms with van der Waals surface area (Å²) in [4.78, 5) is 14.7. The number of nitrogens with zero attached hydrogens (tertiary/aromatic N) is 1. The van der Waals surface area contributed by atoms with Crippen molar-refractivity contribution in [2.75, 3.05) is 6.54 Å². The highest BCUT2D eigenvalue weighted by Crippen LogP contribution is 2.00. The molecule has 0 aliphatic heterocycles. The Kier molecular flexibility index (Phi) is 9.46. The highest BCUT2D eigenvalue weighted by atomic mass is 16.4. The fourth-order valence-electron chi connectivity index (χ4n) is 1.03. The van der Waals surface area contributed by atoms with E-state index in [9.17, 15) is 4.79 Å². The number of aliphatic carboxylic acids is 1. The minimum Gasteiger partial charge on any atom is -0.480 e. The standard InChI is InChI=1S/C12H19N3O2/c13-8-4-2-1-3-5-10-15-11(12(16)17)7-6-9-14/h1-5,8,10-11H,6-7,9,13-14H2,(H,16,17)/b2-1+,5-3+,8-4-,15-10?. The minimum absolute atomic E-state index is 0.460. The lowest BCUT2D eigenvalue weighted by Crippen LogP contribution is -2.19. The maximum Gasteiger partial charge on any atom is 0.328 e. The zero-order valence-electron chi connectivity index (χ0n) is 9.70. The average Bonchev–Trinajstić information content (AvgIpc) is 2.31. The molecule has 17 heavy (non-hydrogen) atoms. The average molecular weight is 237 g/mol. The van der Waals surface area contributed by atoms with Gasteiger partial charge in [-0.05, 0) is 37.7 Å². The molecule has 0 aromatic rings. The first kappa shape index (κ1) is 15.1. The van der Waals surface area contributed by atoms with E-state index in [0.29, 0.717) is 19.4 Å². The van der Waals surface area contributed by atoms with Gasteiger partial charge in [0.25, 0.3) is 0 Å². The Labute approximate surface area is 101 Å². The van der Waals surface area contributed by atoms with Crippen molar-refractivity contribution in [3.05, 3.63) is 36.6 Å². The normalized spacial score (nSPS) is 14.4. The molecule has 1 unspecified atom stereocenters. The summed E-state index contributed by atoms with van der Waals surface area (Å²) >= 11 is 0. The van der Waals surface area contributed by atoms with E-state index < -0.39 is 12.0 Å². The molecule has 0 aliphatic carbocycles. The van der Waals surface area contributed by atoms with Gasteiger partial charge in [0.05, 0.1) is 0 Å². The van der Waals surface area contributed by atoms with Gasteiger partial charge in [-0.25, -0.2) is 4.79 Å². The molecule has 5 heteroatoms. The van der Waals surface area contributed by atoms with Crippen LogP contribution in [0.4, 0.5) is 0 Å². The summed E-state index contributed by atoms with van der Waals surface area (Å²) in [7, 11) is 0. The van der Waals surface area contributed by atoms with E-state index in [-0.39, 0.29) is 0 Å². The minimum atomic E-state index is -0.926. The number of carbonyl (C=O) groups is 1. The fourth-order valence-corrected chi connectivity index (χ4v) is 1.03. The second-order valence-electron chi connectivity index (χ2n) is 3.24. The fraction of sp³-hybridized carbons (Fsp3) is 0.333. The molecule has 0 saturated carbocycles. The van der Waals surface area contributed by atoms with Gasteiger partial charge in [-0.15, -0.1) is 0 Å². The van der Waals surface area contributed by atoms with Crippen LogP contribution in [-0.2, 0) is 4.79 Å². The van der Waals surface area contributed by atoms with Crippen molar-refractivity contribution in [3.63, 3.8) is 0 Å². The predicted octanol–water partition coefficient (Wildman–Crippen LogP) is 0.834. The first-order valence-corrected chi connectivity index (χ1v) is 5.38. The van der Waals surface area contributed by atoms with Crippen molar-refractivity contribution in [3.8, 4) is 0 Å². The summed E-state index contributed by atoms with van der Waals surface area (Å²) in [5.74, 6) is -0.926. The predicted molar refractivity (Wildman–Crippen MR) is 69.8 cm³/mol. The molecule has 0 fully saturated rings. The lowest BCUT2D eigenvalue weighted by molar-refractivity contribution is -0.138. The van der Waals surface area contributed by atoms with Gasteiger partial charge in [-0.1, -0.05) is 18.2 Å². The van der Waals surface area contributed by atoms with Crippen LogP contribution in [-0.4, -0.2) is 29.9 Å². The molecule has 0 rings (SSSR count). The summed E-state index contributed by atoms with van der Waals surface area (Å²) in [6.07, 6.45) is 12.6. The SMILES string of the molecule is N\C=C/C=C/C=C/C=NC(CCCN)C(=O)O. The van der Waals surface area contributed by atoms with Crippen molar-refractivity contribution in [2.24, 2.45) is 16.5 Å². The number of aliphatic imine (C=N–C) groups is 1. The third-order valence-corrected chi connectivity index (χ3v) is 1.87. The van der Waals surface area contributed by atoms with E-state index >= 15 is 0 Å². The van der Waals surface area contributed by atoms with Gasteiger partial charge in [0.1, 0.15) is 6.04 Å². The molecule has 0 spiro atoms. The molecule has 5 nitrogen and oxygen atoms in total. The molecule has 5 N–H and O–H groups in total. The van der Waals surface area contributed by atoms with E-state index in [1.165, 1.54) is 12.4 Å². The van der Waals surface area contributed by atoms with Gasteiger partial charge in [-0.2, -0.15) is 0 Å². The molecule has 0 amide bonds. The molecular formula is C12H19N3O2. The van der Waals surface area contributed by atoms with Crippen LogP contribution in [0.2, 0.25) is 0 Å². The summed E-state index contributed by atoms with van der Waals surface area (Å²) in [5.41, 5.74) is 10.4. The topological polar surface area (TPSA) is 102 Å². The Hall–Kier alpha value is -1.88. The first-order valence-electron chi connectivity index (χ1n) is 5.38. The largest absolute Gasteiger partial charge is 0.480 e. The maximum absolute atomic E-state index is 10.8. The maximum atomic E-state index is 10.8. The highest BCUT2D eigenvalue weighted by Gasteiger charge is 2.13. The molecule has 94 valence electrons. The van der Waals surface area contributed by atoms with E-state index in [2.05, 4.69) is 4.99 Å². The number of allylic oxidation sites excluding steroid dienone is 5. The molecule has 0 radical (unpaired) electrons. The monoisotopic (exact) mass is 237 g/mol. The molecule has 0 saturated heterocycles. The summed E-state index contributed by atoms with van der Waals surface area (Å²) in [6.45, 7) is 0.475. The molecule has 1 atom stereocenters. The number of hydrogen-bond donors (Lipinski definition) is 3. The van der Waals surface area contributed by atoms with Gasteiger partial charge in [0.2, 0.25) is 0 Å². The zero-order chi connectivity index (χ0) is 12.9. The molecular weight excluding hydrogens is 218 g/mol. The van der Waals surface area contributed by atoms with Crippen molar-refractivity contribution in [1.29, 1.82) is 0 Å². The lowest BCUT2D eigenvalue weighted by atomic mass is 10.1. The Balaban J connectivity index is 4.12. The van der Waals surface area contributed by atoms with Gasteiger partial charge in [0, 0.05) is 6.21 Å². The summed E-state index contributed by atoms with van der Waals surface area (Å²) in [6, 6.07) is -0.712. The Bertz CT molecular complexity index is 320. The van der Waals surface area contributed by atoms with Crippen molar-refractivity contribution >= 4 is 12.2 Å². The number of nitrogens with two attached hydrogens (primary N) is 2. The van der Waals surface area contributed by atoms with Crippen LogP contribution in [0.1, 0.15) is 12.8 Å². The number of hydrogen-bond acceptors (Lipinski definition) is 4. The zero-order valence-corrected chi connectivity index (χ0v) is 9.70. The lowest BCUT2D eigenvalue weighted by Gasteiger charge is -2.04. The van der Waals surface area contributed by atoms with E-state index in [4.69, 9.17) is 16.6 Å².